The highest BCUT2D eigenvalue weighted by molar-refractivity contribution is 6.46. The van der Waals surface area contributed by atoms with Crippen molar-refractivity contribution in [1.82, 2.24) is 9.80 Å². The van der Waals surface area contributed by atoms with Gasteiger partial charge in [-0.25, -0.2) is 0 Å². The summed E-state index contributed by atoms with van der Waals surface area (Å²) in [5.41, 5.74) is 0.828. The van der Waals surface area contributed by atoms with E-state index in [0.717, 1.165) is 13.1 Å². The van der Waals surface area contributed by atoms with Crippen LogP contribution in [-0.2, 0) is 9.59 Å². The Morgan fingerprint density at radius 2 is 1.70 bits per heavy atom. The lowest BCUT2D eigenvalue weighted by molar-refractivity contribution is -0.140. The van der Waals surface area contributed by atoms with Crippen molar-refractivity contribution >= 4 is 17.4 Å². The molecule has 1 aliphatic heterocycles. The zero-order valence-corrected chi connectivity index (χ0v) is 19.4. The Kier molecular flexibility index (Phi) is 7.60. The van der Waals surface area contributed by atoms with E-state index in [4.69, 9.17) is 9.47 Å². The van der Waals surface area contributed by atoms with Gasteiger partial charge >= 0.3 is 0 Å². The number of hydrogen-bond acceptors (Lipinski definition) is 7. The summed E-state index contributed by atoms with van der Waals surface area (Å²) in [5, 5.41) is 21.0. The number of ether oxygens (including phenoxy) is 2. The molecule has 2 aromatic rings. The van der Waals surface area contributed by atoms with E-state index in [-0.39, 0.29) is 22.6 Å². The third kappa shape index (κ3) is 4.80. The molecule has 2 N–H and O–H groups in total. The van der Waals surface area contributed by atoms with Crippen LogP contribution in [0.3, 0.4) is 0 Å². The number of aromatic hydroxyl groups is 1. The number of likely N-dealkylation sites (tertiary alicyclic amines) is 1. The van der Waals surface area contributed by atoms with E-state index in [9.17, 15) is 19.8 Å². The van der Waals surface area contributed by atoms with Crippen LogP contribution in [0.15, 0.2) is 48.0 Å². The fourth-order valence-electron chi connectivity index (χ4n) is 4.05. The second-order valence-electron chi connectivity index (χ2n) is 7.68. The van der Waals surface area contributed by atoms with Gasteiger partial charge < -0.3 is 29.5 Å². The van der Waals surface area contributed by atoms with Gasteiger partial charge in [-0.15, -0.1) is 0 Å². The molecule has 0 radical (unpaired) electrons. The Bertz CT molecular complexity index is 1040. The van der Waals surface area contributed by atoms with Crippen molar-refractivity contribution in [3.05, 3.63) is 59.2 Å². The number of carbonyl (C=O) groups is 2. The van der Waals surface area contributed by atoms with Crippen LogP contribution in [0, 0.1) is 0 Å². The third-order valence-corrected chi connectivity index (χ3v) is 5.96. The Morgan fingerprint density at radius 1 is 1.03 bits per heavy atom. The quantitative estimate of drug-likeness (QED) is 0.341. The first-order chi connectivity index (χ1) is 15.9. The molecule has 0 aliphatic carbocycles. The zero-order valence-electron chi connectivity index (χ0n) is 19.4. The summed E-state index contributed by atoms with van der Waals surface area (Å²) in [4.78, 5) is 29.9. The van der Waals surface area contributed by atoms with Gasteiger partial charge in [-0.3, -0.25) is 9.59 Å². The first kappa shape index (κ1) is 24.1. The minimum atomic E-state index is -0.808. The first-order valence-corrected chi connectivity index (χ1v) is 10.9. The average molecular weight is 455 g/mol. The summed E-state index contributed by atoms with van der Waals surface area (Å²) in [6.07, 6.45) is 0. The lowest BCUT2D eigenvalue weighted by Crippen LogP contribution is -2.38. The van der Waals surface area contributed by atoms with Crippen molar-refractivity contribution in [3.8, 4) is 17.2 Å². The molecule has 0 bridgehead atoms. The Balaban J connectivity index is 2.16. The molecular formula is C25H30N2O6. The fourth-order valence-corrected chi connectivity index (χ4v) is 4.05. The number of rotatable bonds is 9. The van der Waals surface area contributed by atoms with E-state index < -0.39 is 17.7 Å². The van der Waals surface area contributed by atoms with E-state index in [0.29, 0.717) is 30.2 Å². The molecule has 1 unspecified atom stereocenters. The summed E-state index contributed by atoms with van der Waals surface area (Å²) in [6, 6.07) is 10.3. The number of aliphatic hydroxyl groups is 1. The molecule has 1 saturated heterocycles. The highest BCUT2D eigenvalue weighted by Gasteiger charge is 2.46. The molecule has 0 spiro atoms. The van der Waals surface area contributed by atoms with Crippen LogP contribution in [-0.4, -0.2) is 72.1 Å². The smallest absolute Gasteiger partial charge is 0.295 e. The molecule has 2 aromatic carbocycles. The summed E-state index contributed by atoms with van der Waals surface area (Å²) in [6.45, 7) is 6.58. The SMILES string of the molecule is CCN(CC)CCN1C(=O)C(=O)/C(=C(/O)c2cc(OC)ccc2OC)C1c1ccc(O)cc1. The summed E-state index contributed by atoms with van der Waals surface area (Å²) < 4.78 is 10.6. The Morgan fingerprint density at radius 3 is 2.27 bits per heavy atom. The molecule has 1 atom stereocenters. The zero-order chi connectivity index (χ0) is 24.1. The van der Waals surface area contributed by atoms with Crippen LogP contribution in [0.25, 0.3) is 5.76 Å². The van der Waals surface area contributed by atoms with Crippen molar-refractivity contribution in [2.24, 2.45) is 0 Å². The van der Waals surface area contributed by atoms with E-state index in [1.807, 2.05) is 13.8 Å². The summed E-state index contributed by atoms with van der Waals surface area (Å²) >= 11 is 0. The second kappa shape index (κ2) is 10.4. The van der Waals surface area contributed by atoms with Crippen molar-refractivity contribution < 1.29 is 29.3 Å². The van der Waals surface area contributed by atoms with Crippen molar-refractivity contribution in [3.63, 3.8) is 0 Å². The van der Waals surface area contributed by atoms with Gasteiger partial charge in [-0.1, -0.05) is 26.0 Å². The van der Waals surface area contributed by atoms with Gasteiger partial charge in [0.1, 0.15) is 23.0 Å². The third-order valence-electron chi connectivity index (χ3n) is 5.96. The van der Waals surface area contributed by atoms with Gasteiger partial charge in [0.25, 0.3) is 11.7 Å². The van der Waals surface area contributed by atoms with E-state index in [1.54, 1.807) is 30.3 Å². The molecule has 0 aromatic heterocycles. The predicted molar refractivity (Wildman–Crippen MR) is 124 cm³/mol. The van der Waals surface area contributed by atoms with Crippen molar-refractivity contribution in [2.45, 2.75) is 19.9 Å². The van der Waals surface area contributed by atoms with Crippen molar-refractivity contribution in [1.29, 1.82) is 0 Å². The molecule has 1 heterocycles. The van der Waals surface area contributed by atoms with E-state index in [2.05, 4.69) is 4.90 Å². The van der Waals surface area contributed by atoms with Crippen LogP contribution in [0.4, 0.5) is 0 Å². The molecule has 1 aliphatic rings. The van der Waals surface area contributed by atoms with Gasteiger partial charge in [0.05, 0.1) is 31.4 Å². The van der Waals surface area contributed by atoms with Gasteiger partial charge in [-0.2, -0.15) is 0 Å². The molecule has 0 saturated carbocycles. The number of benzene rings is 2. The maximum absolute atomic E-state index is 13.2. The number of hydrogen-bond donors (Lipinski definition) is 2. The van der Waals surface area contributed by atoms with E-state index in [1.165, 1.54) is 31.3 Å². The lowest BCUT2D eigenvalue weighted by Gasteiger charge is -2.28. The number of carbonyl (C=O) groups excluding carboxylic acids is 2. The van der Waals surface area contributed by atoms with Crippen LogP contribution >= 0.6 is 0 Å². The van der Waals surface area contributed by atoms with Gasteiger partial charge in [0, 0.05) is 13.1 Å². The number of phenolic OH excluding ortho intramolecular Hbond substituents is 1. The molecule has 3 rings (SSSR count). The molecular weight excluding hydrogens is 424 g/mol. The maximum Gasteiger partial charge on any atom is 0.295 e. The standard InChI is InChI=1S/C25H30N2O6/c1-5-26(6-2)13-14-27-22(16-7-9-17(28)10-8-16)21(24(30)25(27)31)23(29)19-15-18(32-3)11-12-20(19)33-4/h7-12,15,22,28-29H,5-6,13-14H2,1-4H3/b23-21+. The number of likely N-dealkylation sites (N-methyl/N-ethyl adjacent to an activating group) is 1. The molecule has 176 valence electrons. The molecule has 8 nitrogen and oxygen atoms in total. The first-order valence-electron chi connectivity index (χ1n) is 10.9. The molecule has 1 fully saturated rings. The largest absolute Gasteiger partial charge is 0.508 e. The average Bonchev–Trinajstić information content (AvgIpc) is 3.09. The fraction of sp³-hybridized carbons (Fsp3) is 0.360. The second-order valence-corrected chi connectivity index (χ2v) is 7.68. The van der Waals surface area contributed by atoms with E-state index >= 15 is 0 Å². The predicted octanol–water partition coefficient (Wildman–Crippen LogP) is 3.17. The number of methoxy groups -OCH3 is 2. The van der Waals surface area contributed by atoms with Gasteiger partial charge in [0.15, 0.2) is 0 Å². The minimum Gasteiger partial charge on any atom is -0.508 e. The number of Topliss-reactive ketones (excluding diaryl/α,β-unsaturated/α-hetero) is 1. The number of nitrogens with zero attached hydrogens (tertiary/aromatic N) is 2. The number of amides is 1. The van der Waals surface area contributed by atoms with Crippen LogP contribution < -0.4 is 9.47 Å². The Labute approximate surface area is 193 Å². The number of aliphatic hydroxyl groups excluding tert-OH is 1. The number of ketones is 1. The van der Waals surface area contributed by atoms with Gasteiger partial charge in [-0.05, 0) is 49.0 Å². The lowest BCUT2D eigenvalue weighted by atomic mass is 9.95. The molecule has 1 amide bonds. The summed E-state index contributed by atoms with van der Waals surface area (Å²) in [5.74, 6) is -0.916. The Hall–Kier alpha value is -3.52. The number of phenols is 1. The monoisotopic (exact) mass is 454 g/mol. The maximum atomic E-state index is 13.2. The van der Waals surface area contributed by atoms with Crippen LogP contribution in [0.1, 0.15) is 31.0 Å². The van der Waals surface area contributed by atoms with Gasteiger partial charge in [0.2, 0.25) is 0 Å². The topological polar surface area (TPSA) is 99.5 Å². The minimum absolute atomic E-state index is 0.0308. The van der Waals surface area contributed by atoms with Crippen LogP contribution in [0.5, 0.6) is 17.2 Å². The highest BCUT2D eigenvalue weighted by atomic mass is 16.5. The molecule has 8 heteroatoms. The summed E-state index contributed by atoms with van der Waals surface area (Å²) in [7, 11) is 2.95. The van der Waals surface area contributed by atoms with Crippen LogP contribution in [0.2, 0.25) is 0 Å². The molecule has 33 heavy (non-hydrogen) atoms. The van der Waals surface area contributed by atoms with Crippen molar-refractivity contribution in [2.75, 3.05) is 40.4 Å². The highest BCUT2D eigenvalue weighted by Crippen LogP contribution is 2.41. The normalized spacial score (nSPS) is 17.6.